The summed E-state index contributed by atoms with van der Waals surface area (Å²) in [4.78, 5) is 24.5. The number of anilines is 4. The van der Waals surface area contributed by atoms with E-state index in [1.54, 1.807) is 41.2 Å². The summed E-state index contributed by atoms with van der Waals surface area (Å²) in [7, 11) is 0. The highest BCUT2D eigenvalue weighted by Crippen LogP contribution is 2.24. The molecule has 0 aliphatic rings. The fraction of sp³-hybridized carbons (Fsp3) is 0.0526. The minimum atomic E-state index is -0.342. The van der Waals surface area contributed by atoms with Crippen LogP contribution < -0.4 is 16.4 Å². The van der Waals surface area contributed by atoms with Gasteiger partial charge in [-0.1, -0.05) is 6.07 Å². The van der Waals surface area contributed by atoms with E-state index in [2.05, 4.69) is 25.6 Å². The second-order valence-electron chi connectivity index (χ2n) is 6.08. The number of hydrogen-bond acceptors (Lipinski definition) is 6. The monoisotopic (exact) mass is 411 g/mol. The Morgan fingerprint density at radius 1 is 1.14 bits per heavy atom. The molecule has 10 heteroatoms. The molecule has 0 saturated carbocycles. The van der Waals surface area contributed by atoms with Crippen molar-refractivity contribution in [3.63, 3.8) is 0 Å². The molecule has 0 radical (unpaired) electrons. The number of nitrogens with one attached hydrogen (secondary N) is 2. The van der Waals surface area contributed by atoms with Crippen LogP contribution in [-0.2, 0) is 4.79 Å². The first kappa shape index (κ1) is 18.6. The second kappa shape index (κ2) is 7.72. The lowest BCUT2D eigenvalue weighted by atomic mass is 10.2. The predicted octanol–water partition coefficient (Wildman–Crippen LogP) is 3.46. The summed E-state index contributed by atoms with van der Waals surface area (Å²) < 4.78 is 14.8. The van der Waals surface area contributed by atoms with Gasteiger partial charge in [0.05, 0.1) is 5.69 Å². The smallest absolute Gasteiger partial charge is 0.239 e. The Balaban J connectivity index is 1.72. The van der Waals surface area contributed by atoms with Crippen molar-refractivity contribution >= 4 is 51.8 Å². The Labute approximate surface area is 169 Å². The van der Waals surface area contributed by atoms with E-state index < -0.39 is 0 Å². The predicted molar refractivity (Wildman–Crippen MR) is 110 cm³/mol. The van der Waals surface area contributed by atoms with E-state index in [0.717, 1.165) is 0 Å². The van der Waals surface area contributed by atoms with Gasteiger partial charge < -0.3 is 16.4 Å². The molecule has 4 aromatic rings. The molecule has 2 heterocycles. The molecular formula is C19H15ClFN7O. The number of hydrogen-bond donors (Lipinski definition) is 3. The summed E-state index contributed by atoms with van der Waals surface area (Å²) in [6, 6.07) is 12.9. The van der Waals surface area contributed by atoms with Crippen LogP contribution in [0.5, 0.6) is 0 Å². The minimum absolute atomic E-state index is 0.138. The molecule has 0 aliphatic heterocycles. The number of amides is 1. The standard InChI is InChI=1S/C19H15ClFN7O/c20-9-15(29)24-13-2-1-3-14(8-13)28-10-23-16-17(22)26-19(27-18(16)28)25-12-6-4-11(21)5-7-12/h1-8,10H,9H2,(H,24,29)(H3,22,25,26,27). The fourth-order valence-electron chi connectivity index (χ4n) is 2.76. The van der Waals surface area contributed by atoms with Gasteiger partial charge in [0.15, 0.2) is 17.0 Å². The van der Waals surface area contributed by atoms with E-state index in [1.807, 2.05) is 6.07 Å². The number of nitrogens with two attached hydrogens (primary N) is 1. The largest absolute Gasteiger partial charge is 0.382 e. The van der Waals surface area contributed by atoms with Gasteiger partial charge in [0, 0.05) is 11.4 Å². The number of rotatable bonds is 5. The van der Waals surface area contributed by atoms with Crippen molar-refractivity contribution in [1.82, 2.24) is 19.5 Å². The third-order valence-corrected chi connectivity index (χ3v) is 4.30. The zero-order chi connectivity index (χ0) is 20.4. The van der Waals surface area contributed by atoms with Crippen molar-refractivity contribution < 1.29 is 9.18 Å². The molecule has 8 nitrogen and oxygen atoms in total. The van der Waals surface area contributed by atoms with Crippen LogP contribution in [0.2, 0.25) is 0 Å². The summed E-state index contributed by atoms with van der Waals surface area (Å²) in [5, 5.41) is 5.69. The normalized spacial score (nSPS) is 10.8. The van der Waals surface area contributed by atoms with E-state index >= 15 is 0 Å². The molecule has 4 N–H and O–H groups in total. The summed E-state index contributed by atoms with van der Waals surface area (Å²) in [6.07, 6.45) is 1.57. The molecule has 0 unspecified atom stereocenters. The lowest BCUT2D eigenvalue weighted by Gasteiger charge is -2.09. The summed E-state index contributed by atoms with van der Waals surface area (Å²) in [5.74, 6) is -0.345. The number of fused-ring (bicyclic) bond motifs is 1. The molecule has 4 rings (SSSR count). The van der Waals surface area contributed by atoms with E-state index in [9.17, 15) is 9.18 Å². The Morgan fingerprint density at radius 3 is 2.69 bits per heavy atom. The molecule has 2 aromatic carbocycles. The van der Waals surface area contributed by atoms with Crippen molar-refractivity contribution in [3.05, 3.63) is 60.7 Å². The third-order valence-electron chi connectivity index (χ3n) is 4.05. The van der Waals surface area contributed by atoms with Gasteiger partial charge in [-0.25, -0.2) is 9.37 Å². The quantitative estimate of drug-likeness (QED) is 0.434. The number of nitrogen functional groups attached to an aromatic ring is 1. The van der Waals surface area contributed by atoms with Crippen molar-refractivity contribution in [3.8, 4) is 5.69 Å². The molecule has 0 fully saturated rings. The van der Waals surface area contributed by atoms with Gasteiger partial charge in [0.1, 0.15) is 18.0 Å². The van der Waals surface area contributed by atoms with Crippen molar-refractivity contribution in [2.45, 2.75) is 0 Å². The highest BCUT2D eigenvalue weighted by molar-refractivity contribution is 6.29. The minimum Gasteiger partial charge on any atom is -0.382 e. The Kier molecular flexibility index (Phi) is 4.96. The number of benzene rings is 2. The average molecular weight is 412 g/mol. The van der Waals surface area contributed by atoms with Gasteiger partial charge in [-0.2, -0.15) is 9.97 Å². The molecule has 0 spiro atoms. The van der Waals surface area contributed by atoms with Gasteiger partial charge in [-0.05, 0) is 42.5 Å². The molecule has 0 aliphatic carbocycles. The number of nitrogens with zero attached hydrogens (tertiary/aromatic N) is 4. The van der Waals surface area contributed by atoms with E-state index in [4.69, 9.17) is 17.3 Å². The second-order valence-corrected chi connectivity index (χ2v) is 6.35. The molecule has 0 atom stereocenters. The van der Waals surface area contributed by atoms with Crippen LogP contribution in [0.3, 0.4) is 0 Å². The van der Waals surface area contributed by atoms with Crippen molar-refractivity contribution in [2.75, 3.05) is 22.2 Å². The van der Waals surface area contributed by atoms with Gasteiger partial charge in [-0.3, -0.25) is 9.36 Å². The molecule has 2 aromatic heterocycles. The molecule has 1 amide bonds. The first-order chi connectivity index (χ1) is 14.0. The third kappa shape index (κ3) is 3.94. The number of imidazole rings is 1. The maximum Gasteiger partial charge on any atom is 0.239 e. The van der Waals surface area contributed by atoms with Gasteiger partial charge in [-0.15, -0.1) is 11.6 Å². The van der Waals surface area contributed by atoms with Gasteiger partial charge >= 0.3 is 0 Å². The van der Waals surface area contributed by atoms with E-state index in [1.165, 1.54) is 12.1 Å². The van der Waals surface area contributed by atoms with Crippen LogP contribution in [-0.4, -0.2) is 31.3 Å². The number of aromatic nitrogens is 4. The van der Waals surface area contributed by atoms with Crippen LogP contribution in [0, 0.1) is 5.82 Å². The lowest BCUT2D eigenvalue weighted by molar-refractivity contribution is -0.113. The Bertz CT molecular complexity index is 1190. The Morgan fingerprint density at radius 2 is 1.93 bits per heavy atom. The SMILES string of the molecule is Nc1nc(Nc2ccc(F)cc2)nc2c1ncn2-c1cccc(NC(=O)CCl)c1. The van der Waals surface area contributed by atoms with Crippen molar-refractivity contribution in [2.24, 2.45) is 0 Å². The number of carbonyl (C=O) groups is 1. The highest BCUT2D eigenvalue weighted by atomic mass is 35.5. The molecular weight excluding hydrogens is 397 g/mol. The van der Waals surface area contributed by atoms with Crippen molar-refractivity contribution in [1.29, 1.82) is 0 Å². The zero-order valence-electron chi connectivity index (χ0n) is 14.9. The summed E-state index contributed by atoms with van der Waals surface area (Å²) in [6.45, 7) is 0. The summed E-state index contributed by atoms with van der Waals surface area (Å²) >= 11 is 5.54. The van der Waals surface area contributed by atoms with Crippen LogP contribution in [0.25, 0.3) is 16.9 Å². The van der Waals surface area contributed by atoms with Crippen LogP contribution in [0.15, 0.2) is 54.9 Å². The maximum atomic E-state index is 13.1. The Hall–Kier alpha value is -3.72. The average Bonchev–Trinajstić information content (AvgIpc) is 3.14. The van der Waals surface area contributed by atoms with Gasteiger partial charge in [0.25, 0.3) is 0 Å². The number of carbonyl (C=O) groups excluding carboxylic acids is 1. The van der Waals surface area contributed by atoms with Crippen LogP contribution in [0.4, 0.5) is 27.5 Å². The van der Waals surface area contributed by atoms with Gasteiger partial charge in [0.2, 0.25) is 11.9 Å². The molecule has 0 saturated heterocycles. The van der Waals surface area contributed by atoms with Crippen LogP contribution in [0.1, 0.15) is 0 Å². The van der Waals surface area contributed by atoms with E-state index in [0.29, 0.717) is 28.2 Å². The maximum absolute atomic E-state index is 13.1. The lowest BCUT2D eigenvalue weighted by Crippen LogP contribution is -2.12. The number of halogens is 2. The molecule has 29 heavy (non-hydrogen) atoms. The highest BCUT2D eigenvalue weighted by Gasteiger charge is 2.13. The fourth-order valence-corrected chi connectivity index (χ4v) is 2.82. The van der Waals surface area contributed by atoms with Crippen LogP contribution >= 0.6 is 11.6 Å². The molecule has 146 valence electrons. The topological polar surface area (TPSA) is 111 Å². The first-order valence-corrected chi connectivity index (χ1v) is 9.06. The number of alkyl halides is 1. The molecule has 0 bridgehead atoms. The first-order valence-electron chi connectivity index (χ1n) is 8.53. The van der Waals surface area contributed by atoms with E-state index in [-0.39, 0.29) is 29.4 Å². The summed E-state index contributed by atoms with van der Waals surface area (Å²) in [5.41, 5.74) is 8.86. The zero-order valence-corrected chi connectivity index (χ0v) is 15.7.